The van der Waals surface area contributed by atoms with E-state index >= 15 is 0 Å². The van der Waals surface area contributed by atoms with E-state index in [0.29, 0.717) is 0 Å². The monoisotopic (exact) mass is 237 g/mol. The van der Waals surface area contributed by atoms with Gasteiger partial charge in [0, 0.05) is 0 Å². The van der Waals surface area contributed by atoms with Crippen LogP contribution in [-0.2, 0) is 9.53 Å². The van der Waals surface area contributed by atoms with Gasteiger partial charge in [0.05, 0.1) is 6.61 Å². The van der Waals surface area contributed by atoms with Crippen molar-refractivity contribution in [1.29, 1.82) is 5.26 Å². The van der Waals surface area contributed by atoms with Crippen LogP contribution in [0.25, 0.3) is 6.08 Å². The predicted octanol–water partition coefficient (Wildman–Crippen LogP) is 2.43. The lowest BCUT2D eigenvalue weighted by Gasteiger charge is -2.00. The smallest absolute Gasteiger partial charge is 0.348 e. The lowest BCUT2D eigenvalue weighted by molar-refractivity contribution is -0.137. The minimum absolute atomic E-state index is 0.135. The van der Waals surface area contributed by atoms with Gasteiger partial charge in [0.1, 0.15) is 11.6 Å². The lowest BCUT2D eigenvalue weighted by atomic mass is 10.1. The van der Waals surface area contributed by atoms with E-state index in [2.05, 4.69) is 4.74 Å². The Morgan fingerprint density at radius 1 is 1.47 bits per heavy atom. The maximum absolute atomic E-state index is 12.9. The van der Waals surface area contributed by atoms with E-state index in [1.807, 2.05) is 0 Å². The summed E-state index contributed by atoms with van der Waals surface area (Å²) in [4.78, 5) is 11.2. The van der Waals surface area contributed by atoms with E-state index in [-0.39, 0.29) is 17.7 Å². The highest BCUT2D eigenvalue weighted by Crippen LogP contribution is 2.12. The molecule has 5 heteroatoms. The van der Waals surface area contributed by atoms with Gasteiger partial charge in [-0.05, 0) is 30.7 Å². The van der Waals surface area contributed by atoms with Crippen LogP contribution in [0, 0.1) is 23.0 Å². The number of nitriles is 1. The van der Waals surface area contributed by atoms with Crippen molar-refractivity contribution in [2.75, 3.05) is 6.61 Å². The summed E-state index contributed by atoms with van der Waals surface area (Å²) in [6, 6.07) is 4.71. The van der Waals surface area contributed by atoms with E-state index in [9.17, 15) is 13.6 Å². The molecule has 0 aliphatic carbocycles. The van der Waals surface area contributed by atoms with Crippen molar-refractivity contribution in [1.82, 2.24) is 0 Å². The zero-order chi connectivity index (χ0) is 12.8. The number of esters is 1. The molecule has 0 unspecified atom stereocenters. The Bertz CT molecular complexity index is 504. The van der Waals surface area contributed by atoms with Gasteiger partial charge in [0.25, 0.3) is 0 Å². The molecule has 17 heavy (non-hydrogen) atoms. The molecule has 0 N–H and O–H groups in total. The second-order valence-corrected chi connectivity index (χ2v) is 3.06. The Morgan fingerprint density at radius 3 is 2.71 bits per heavy atom. The second kappa shape index (κ2) is 5.75. The highest BCUT2D eigenvalue weighted by atomic mass is 19.2. The van der Waals surface area contributed by atoms with E-state index in [1.54, 1.807) is 13.0 Å². The third kappa shape index (κ3) is 3.38. The van der Waals surface area contributed by atoms with Crippen LogP contribution in [0.3, 0.4) is 0 Å². The van der Waals surface area contributed by atoms with E-state index < -0.39 is 17.6 Å². The molecule has 0 bridgehead atoms. The summed E-state index contributed by atoms with van der Waals surface area (Å²) in [6.07, 6.45) is 1.14. The number of carbonyl (C=O) groups excluding carboxylic acids is 1. The number of rotatable bonds is 3. The summed E-state index contributed by atoms with van der Waals surface area (Å²) in [5, 5.41) is 8.72. The molecule has 0 fully saturated rings. The Morgan fingerprint density at radius 2 is 2.18 bits per heavy atom. The first-order valence-corrected chi connectivity index (χ1v) is 4.82. The van der Waals surface area contributed by atoms with Gasteiger partial charge in [-0.2, -0.15) is 5.26 Å². The third-order valence-electron chi connectivity index (χ3n) is 1.87. The van der Waals surface area contributed by atoms with Crippen molar-refractivity contribution in [2.45, 2.75) is 6.92 Å². The normalized spacial score (nSPS) is 10.8. The van der Waals surface area contributed by atoms with Crippen LogP contribution < -0.4 is 0 Å². The zero-order valence-corrected chi connectivity index (χ0v) is 9.04. The number of hydrogen-bond donors (Lipinski definition) is 0. The summed E-state index contributed by atoms with van der Waals surface area (Å²) >= 11 is 0. The average Bonchev–Trinajstić information content (AvgIpc) is 2.30. The Labute approximate surface area is 96.9 Å². The van der Waals surface area contributed by atoms with Gasteiger partial charge < -0.3 is 4.74 Å². The predicted molar refractivity (Wildman–Crippen MR) is 56.6 cm³/mol. The highest BCUT2D eigenvalue weighted by Gasteiger charge is 2.10. The standard InChI is InChI=1S/C12H9F2NO2/c1-2-17-12(16)9(7-15)5-8-3-4-10(13)11(14)6-8/h3-6H,2H2,1H3. The molecule has 0 heterocycles. The summed E-state index contributed by atoms with van der Waals surface area (Å²) in [5.41, 5.74) is -0.0497. The van der Waals surface area contributed by atoms with Crippen molar-refractivity contribution in [2.24, 2.45) is 0 Å². The number of hydrogen-bond acceptors (Lipinski definition) is 3. The zero-order valence-electron chi connectivity index (χ0n) is 9.04. The maximum atomic E-state index is 12.9. The first-order valence-electron chi connectivity index (χ1n) is 4.82. The molecule has 1 aromatic carbocycles. The number of ether oxygens (including phenoxy) is 1. The van der Waals surface area contributed by atoms with Crippen molar-refractivity contribution < 1.29 is 18.3 Å². The fraction of sp³-hybridized carbons (Fsp3) is 0.167. The van der Waals surface area contributed by atoms with Gasteiger partial charge in [-0.25, -0.2) is 13.6 Å². The summed E-state index contributed by atoms with van der Waals surface area (Å²) < 4.78 is 30.1. The Hall–Kier alpha value is -2.22. The molecule has 0 radical (unpaired) electrons. The van der Waals surface area contributed by atoms with Gasteiger partial charge in [-0.15, -0.1) is 0 Å². The highest BCUT2D eigenvalue weighted by molar-refractivity contribution is 5.97. The van der Waals surface area contributed by atoms with Crippen molar-refractivity contribution in [3.05, 3.63) is 41.0 Å². The van der Waals surface area contributed by atoms with Crippen molar-refractivity contribution in [3.8, 4) is 6.07 Å². The van der Waals surface area contributed by atoms with Crippen LogP contribution in [0.5, 0.6) is 0 Å². The van der Waals surface area contributed by atoms with Gasteiger partial charge >= 0.3 is 5.97 Å². The minimum Gasteiger partial charge on any atom is -0.462 e. The Kier molecular flexibility index (Phi) is 4.35. The summed E-state index contributed by atoms with van der Waals surface area (Å²) in [6.45, 7) is 1.74. The van der Waals surface area contributed by atoms with Crippen LogP contribution >= 0.6 is 0 Å². The molecule has 0 amide bonds. The molecule has 0 atom stereocenters. The fourth-order valence-electron chi connectivity index (χ4n) is 1.11. The number of benzene rings is 1. The van der Waals surface area contributed by atoms with E-state index in [0.717, 1.165) is 18.2 Å². The SMILES string of the molecule is CCOC(=O)C(C#N)=Cc1ccc(F)c(F)c1. The number of carbonyl (C=O) groups is 1. The molecule has 0 aromatic heterocycles. The van der Waals surface area contributed by atoms with Gasteiger partial charge in [0.15, 0.2) is 11.6 Å². The summed E-state index contributed by atoms with van der Waals surface area (Å²) in [7, 11) is 0. The van der Waals surface area contributed by atoms with Gasteiger partial charge in [-0.3, -0.25) is 0 Å². The molecule has 0 saturated carbocycles. The molecule has 0 aliphatic rings. The topological polar surface area (TPSA) is 50.1 Å². The van der Waals surface area contributed by atoms with E-state index in [1.165, 1.54) is 6.07 Å². The van der Waals surface area contributed by atoms with Gasteiger partial charge in [-0.1, -0.05) is 6.07 Å². The lowest BCUT2D eigenvalue weighted by Crippen LogP contribution is -2.06. The summed E-state index contributed by atoms with van der Waals surface area (Å²) in [5.74, 6) is -2.82. The van der Waals surface area contributed by atoms with Crippen LogP contribution in [0.1, 0.15) is 12.5 Å². The van der Waals surface area contributed by atoms with Crippen LogP contribution in [0.15, 0.2) is 23.8 Å². The fourth-order valence-corrected chi connectivity index (χ4v) is 1.11. The molecular formula is C12H9F2NO2. The van der Waals surface area contributed by atoms with E-state index in [4.69, 9.17) is 5.26 Å². The number of halogens is 2. The average molecular weight is 237 g/mol. The first-order chi connectivity index (χ1) is 8.08. The van der Waals surface area contributed by atoms with Crippen LogP contribution in [-0.4, -0.2) is 12.6 Å². The molecule has 3 nitrogen and oxygen atoms in total. The molecule has 0 saturated heterocycles. The molecule has 0 spiro atoms. The first kappa shape index (κ1) is 12.8. The molecule has 88 valence electrons. The molecule has 0 aliphatic heterocycles. The largest absolute Gasteiger partial charge is 0.462 e. The Balaban J connectivity index is 3.03. The maximum Gasteiger partial charge on any atom is 0.348 e. The third-order valence-corrected chi connectivity index (χ3v) is 1.87. The van der Waals surface area contributed by atoms with Gasteiger partial charge in [0.2, 0.25) is 0 Å². The molecule has 1 aromatic rings. The van der Waals surface area contributed by atoms with Crippen LogP contribution in [0.2, 0.25) is 0 Å². The van der Waals surface area contributed by atoms with Crippen LogP contribution in [0.4, 0.5) is 8.78 Å². The quantitative estimate of drug-likeness (QED) is 0.461. The number of nitrogens with zero attached hydrogens (tertiary/aromatic N) is 1. The molecular weight excluding hydrogens is 228 g/mol. The molecule has 1 rings (SSSR count). The minimum atomic E-state index is -1.04. The van der Waals surface area contributed by atoms with Crippen molar-refractivity contribution in [3.63, 3.8) is 0 Å². The van der Waals surface area contributed by atoms with Crippen molar-refractivity contribution >= 4 is 12.0 Å². The second-order valence-electron chi connectivity index (χ2n) is 3.06.